The molecule has 0 spiro atoms. The molecular weight excluding hydrogens is 416 g/mol. The summed E-state index contributed by atoms with van der Waals surface area (Å²) in [6.07, 6.45) is 3.57. The first-order valence-corrected chi connectivity index (χ1v) is 11.1. The predicted octanol–water partition coefficient (Wildman–Crippen LogP) is 3.25. The molecule has 2 heterocycles. The normalized spacial score (nSPS) is 18.1. The second-order valence-corrected chi connectivity index (χ2v) is 8.56. The Morgan fingerprint density at radius 3 is 2.42 bits per heavy atom. The minimum absolute atomic E-state index is 0.0165. The van der Waals surface area contributed by atoms with Gasteiger partial charge in [-0.05, 0) is 48.7 Å². The number of likely N-dealkylation sites (N-methyl/N-ethyl adjacent to an activating group) is 1. The fourth-order valence-corrected chi connectivity index (χ4v) is 4.61. The summed E-state index contributed by atoms with van der Waals surface area (Å²) < 4.78 is 1.77. The predicted molar refractivity (Wildman–Crippen MR) is 125 cm³/mol. The van der Waals surface area contributed by atoms with Crippen molar-refractivity contribution in [3.63, 3.8) is 0 Å². The van der Waals surface area contributed by atoms with E-state index in [1.165, 1.54) is 4.90 Å². The molecule has 1 saturated heterocycles. The molecule has 33 heavy (non-hydrogen) atoms. The Morgan fingerprint density at radius 2 is 1.82 bits per heavy atom. The molecule has 170 valence electrons. The van der Waals surface area contributed by atoms with Gasteiger partial charge in [0, 0.05) is 45.4 Å². The van der Waals surface area contributed by atoms with Gasteiger partial charge in [-0.2, -0.15) is 5.10 Å². The van der Waals surface area contributed by atoms with Crippen molar-refractivity contribution in [1.29, 1.82) is 0 Å². The van der Waals surface area contributed by atoms with Gasteiger partial charge in [-0.3, -0.25) is 19.3 Å². The van der Waals surface area contributed by atoms with Crippen LogP contribution in [0.25, 0.3) is 5.69 Å². The summed E-state index contributed by atoms with van der Waals surface area (Å²) in [7, 11) is 1.73. The number of aryl methyl sites for hydroxylation is 1. The number of likely N-dealkylation sites (tertiary alicyclic amines) is 1. The van der Waals surface area contributed by atoms with E-state index in [2.05, 4.69) is 5.10 Å². The Kier molecular flexibility index (Phi) is 6.14. The maximum absolute atomic E-state index is 13.4. The van der Waals surface area contributed by atoms with Crippen molar-refractivity contribution in [3.8, 4) is 5.69 Å². The molecular formula is C26H28N4O3. The second kappa shape index (κ2) is 9.02. The van der Waals surface area contributed by atoms with Crippen LogP contribution in [0.1, 0.15) is 36.5 Å². The van der Waals surface area contributed by atoms with Crippen LogP contribution in [0.2, 0.25) is 0 Å². The van der Waals surface area contributed by atoms with Crippen molar-refractivity contribution in [1.82, 2.24) is 19.6 Å². The van der Waals surface area contributed by atoms with Crippen molar-refractivity contribution in [2.24, 2.45) is 0 Å². The minimum atomic E-state index is -1.16. The number of carbonyl (C=O) groups excluding carboxylic acids is 3. The fraction of sp³-hybridized carbons (Fsp3) is 0.308. The number of aromatic nitrogens is 2. The highest BCUT2D eigenvalue weighted by molar-refractivity contribution is 6.10. The molecule has 1 atom stereocenters. The third kappa shape index (κ3) is 4.18. The van der Waals surface area contributed by atoms with Crippen LogP contribution in [-0.2, 0) is 26.3 Å². The largest absolute Gasteiger partial charge is 0.341 e. The smallest absolute Gasteiger partial charge is 0.240 e. The highest BCUT2D eigenvalue weighted by Crippen LogP contribution is 2.41. The molecule has 1 aliphatic rings. The van der Waals surface area contributed by atoms with Gasteiger partial charge in [0.05, 0.1) is 11.1 Å². The molecule has 0 radical (unpaired) electrons. The van der Waals surface area contributed by atoms with Crippen molar-refractivity contribution in [3.05, 3.63) is 83.7 Å². The Balaban J connectivity index is 1.55. The topological polar surface area (TPSA) is 75.5 Å². The third-order valence-corrected chi connectivity index (χ3v) is 6.39. The average Bonchev–Trinajstić information content (AvgIpc) is 3.42. The van der Waals surface area contributed by atoms with Gasteiger partial charge in [0.1, 0.15) is 0 Å². The summed E-state index contributed by atoms with van der Waals surface area (Å²) in [5.74, 6) is -0.682. The van der Waals surface area contributed by atoms with Crippen LogP contribution in [0, 0.1) is 6.92 Å². The van der Waals surface area contributed by atoms with E-state index >= 15 is 0 Å². The Labute approximate surface area is 193 Å². The summed E-state index contributed by atoms with van der Waals surface area (Å²) in [6, 6.07) is 17.2. The molecule has 0 aliphatic carbocycles. The van der Waals surface area contributed by atoms with Crippen LogP contribution in [0.5, 0.6) is 0 Å². The molecule has 0 N–H and O–H groups in total. The number of hydrogen-bond acceptors (Lipinski definition) is 4. The Hall–Kier alpha value is -3.74. The molecule has 1 fully saturated rings. The van der Waals surface area contributed by atoms with Gasteiger partial charge in [0.15, 0.2) is 0 Å². The van der Waals surface area contributed by atoms with Crippen LogP contribution in [0.3, 0.4) is 0 Å². The van der Waals surface area contributed by atoms with Crippen LogP contribution in [0.15, 0.2) is 67.0 Å². The van der Waals surface area contributed by atoms with Gasteiger partial charge in [0.25, 0.3) is 0 Å². The van der Waals surface area contributed by atoms with Crippen molar-refractivity contribution in [2.45, 2.75) is 38.6 Å². The van der Waals surface area contributed by atoms with E-state index in [-0.39, 0.29) is 30.6 Å². The van der Waals surface area contributed by atoms with Gasteiger partial charge >= 0.3 is 0 Å². The average molecular weight is 445 g/mol. The third-order valence-electron chi connectivity index (χ3n) is 6.39. The number of carbonyl (C=O) groups is 3. The quantitative estimate of drug-likeness (QED) is 0.525. The number of benzene rings is 2. The lowest BCUT2D eigenvalue weighted by molar-refractivity contribution is -0.142. The molecule has 1 aliphatic heterocycles. The molecule has 2 aromatic carbocycles. The fourth-order valence-electron chi connectivity index (χ4n) is 4.61. The monoisotopic (exact) mass is 444 g/mol. The zero-order valence-electron chi connectivity index (χ0n) is 19.2. The molecule has 7 heteroatoms. The van der Waals surface area contributed by atoms with E-state index in [4.69, 9.17) is 0 Å². The molecule has 0 bridgehead atoms. The number of hydrogen-bond donors (Lipinski definition) is 0. The maximum atomic E-state index is 13.4. The Morgan fingerprint density at radius 1 is 1.09 bits per heavy atom. The van der Waals surface area contributed by atoms with E-state index < -0.39 is 5.41 Å². The van der Waals surface area contributed by atoms with E-state index in [1.807, 2.05) is 67.7 Å². The lowest BCUT2D eigenvalue weighted by atomic mass is 9.74. The van der Waals surface area contributed by atoms with Crippen molar-refractivity contribution >= 4 is 17.7 Å². The van der Waals surface area contributed by atoms with Gasteiger partial charge < -0.3 is 4.90 Å². The SMILES string of the molecule is CCN1C(=O)C[C@@](CC(=O)N(C)Cc2ccc(-n3cccn3)cc2)(c2ccccc2C)C1=O. The summed E-state index contributed by atoms with van der Waals surface area (Å²) in [5, 5.41) is 4.22. The van der Waals surface area contributed by atoms with E-state index in [1.54, 1.807) is 29.7 Å². The van der Waals surface area contributed by atoms with Crippen molar-refractivity contribution < 1.29 is 14.4 Å². The minimum Gasteiger partial charge on any atom is -0.341 e. The lowest BCUT2D eigenvalue weighted by Crippen LogP contribution is -2.43. The number of nitrogens with zero attached hydrogens (tertiary/aromatic N) is 4. The second-order valence-electron chi connectivity index (χ2n) is 8.56. The first-order valence-electron chi connectivity index (χ1n) is 11.1. The summed E-state index contributed by atoms with van der Waals surface area (Å²) in [5.41, 5.74) is 2.40. The van der Waals surface area contributed by atoms with Crippen LogP contribution >= 0.6 is 0 Å². The van der Waals surface area contributed by atoms with Crippen LogP contribution in [0.4, 0.5) is 0 Å². The number of amides is 3. The number of rotatable bonds is 7. The van der Waals surface area contributed by atoms with Gasteiger partial charge in [-0.1, -0.05) is 36.4 Å². The van der Waals surface area contributed by atoms with Gasteiger partial charge in [-0.15, -0.1) is 0 Å². The van der Waals surface area contributed by atoms with Gasteiger partial charge in [0.2, 0.25) is 17.7 Å². The van der Waals surface area contributed by atoms with Crippen LogP contribution < -0.4 is 0 Å². The zero-order valence-corrected chi connectivity index (χ0v) is 19.2. The summed E-state index contributed by atoms with van der Waals surface area (Å²) in [6.45, 7) is 4.41. The molecule has 4 rings (SSSR count). The van der Waals surface area contributed by atoms with E-state index in [0.29, 0.717) is 13.1 Å². The summed E-state index contributed by atoms with van der Waals surface area (Å²) >= 11 is 0. The van der Waals surface area contributed by atoms with Gasteiger partial charge in [-0.25, -0.2) is 4.68 Å². The van der Waals surface area contributed by atoms with E-state index in [0.717, 1.165) is 22.4 Å². The highest BCUT2D eigenvalue weighted by atomic mass is 16.2. The molecule has 3 aromatic rings. The molecule has 1 aromatic heterocycles. The standard InChI is InChI=1S/C26H28N4O3/c1-4-29-24(32)17-26(25(29)33,22-9-6-5-8-19(22)2)16-23(31)28(3)18-20-10-12-21(13-11-20)30-15-7-14-27-30/h5-15H,4,16-18H2,1-3H3/t26-/m0/s1. The number of imide groups is 1. The molecule has 3 amide bonds. The summed E-state index contributed by atoms with van der Waals surface area (Å²) in [4.78, 5) is 42.3. The maximum Gasteiger partial charge on any atom is 0.240 e. The van der Waals surface area contributed by atoms with Crippen LogP contribution in [-0.4, -0.2) is 50.9 Å². The highest BCUT2D eigenvalue weighted by Gasteiger charge is 2.54. The zero-order chi connectivity index (χ0) is 23.6. The molecule has 0 unspecified atom stereocenters. The first-order chi connectivity index (χ1) is 15.9. The van der Waals surface area contributed by atoms with Crippen molar-refractivity contribution in [2.75, 3.05) is 13.6 Å². The Bertz CT molecular complexity index is 1170. The molecule has 0 saturated carbocycles. The lowest BCUT2D eigenvalue weighted by Gasteiger charge is -2.30. The first kappa shape index (κ1) is 22.5. The molecule has 7 nitrogen and oxygen atoms in total. The van der Waals surface area contributed by atoms with E-state index in [9.17, 15) is 14.4 Å².